The van der Waals surface area contributed by atoms with Crippen LogP contribution in [0, 0.1) is 0 Å². The summed E-state index contributed by atoms with van der Waals surface area (Å²) < 4.78 is 6.13. The van der Waals surface area contributed by atoms with Crippen LogP contribution in [0.15, 0.2) is 41.7 Å². The minimum Gasteiger partial charge on any atom is -0.462 e. The zero-order chi connectivity index (χ0) is 17.5. The van der Waals surface area contributed by atoms with Crippen LogP contribution in [0.2, 0.25) is 0 Å². The monoisotopic (exact) mass is 330 g/mol. The van der Waals surface area contributed by atoms with E-state index in [2.05, 4.69) is 20.8 Å². The van der Waals surface area contributed by atoms with Crippen molar-refractivity contribution in [3.8, 4) is 5.75 Å². The Morgan fingerprint density at radius 1 is 0.708 bits per heavy atom. The molecule has 0 bridgehead atoms. The molecule has 136 valence electrons. The molecule has 0 N–H and O–H groups in total. The van der Waals surface area contributed by atoms with Gasteiger partial charge in [0.25, 0.3) is 0 Å². The van der Waals surface area contributed by atoms with E-state index in [0.717, 1.165) is 18.6 Å². The summed E-state index contributed by atoms with van der Waals surface area (Å²) in [6.07, 6.45) is 15.8. The summed E-state index contributed by atoms with van der Waals surface area (Å²) in [5, 5.41) is 0. The summed E-state index contributed by atoms with van der Waals surface area (Å²) in [6, 6.07) is 10.2. The molecular weight excluding hydrogens is 292 g/mol. The van der Waals surface area contributed by atoms with Crippen molar-refractivity contribution in [1.82, 2.24) is 0 Å². The van der Waals surface area contributed by atoms with Crippen LogP contribution < -0.4 is 4.74 Å². The lowest BCUT2D eigenvalue weighted by Gasteiger charge is -2.14. The molecular formula is C23H38O. The van der Waals surface area contributed by atoms with Crippen LogP contribution in [0.1, 0.15) is 97.8 Å². The standard InChI is InChI=1S/C23H38O/c1-4-7-8-9-10-11-12-13-15-18-21(5-2)23(6-3)24-22-19-16-14-17-20-22/h14,16-17,19-20H,4-13,15,18H2,1-3H3. The zero-order valence-electron chi connectivity index (χ0n) is 16.3. The van der Waals surface area contributed by atoms with E-state index in [1.54, 1.807) is 0 Å². The number of hydrogen-bond donors (Lipinski definition) is 0. The van der Waals surface area contributed by atoms with Gasteiger partial charge in [0.1, 0.15) is 11.5 Å². The van der Waals surface area contributed by atoms with Crippen molar-refractivity contribution in [3.05, 3.63) is 41.7 Å². The Morgan fingerprint density at radius 3 is 1.83 bits per heavy atom. The molecule has 24 heavy (non-hydrogen) atoms. The molecule has 0 radical (unpaired) electrons. The zero-order valence-corrected chi connectivity index (χ0v) is 16.3. The molecule has 1 aromatic carbocycles. The van der Waals surface area contributed by atoms with Crippen molar-refractivity contribution in [2.75, 3.05) is 0 Å². The van der Waals surface area contributed by atoms with Crippen molar-refractivity contribution < 1.29 is 4.74 Å². The van der Waals surface area contributed by atoms with Gasteiger partial charge >= 0.3 is 0 Å². The minimum absolute atomic E-state index is 0.965. The van der Waals surface area contributed by atoms with Crippen molar-refractivity contribution in [1.29, 1.82) is 0 Å². The molecule has 0 atom stereocenters. The van der Waals surface area contributed by atoms with Crippen LogP contribution in [0.4, 0.5) is 0 Å². The van der Waals surface area contributed by atoms with Gasteiger partial charge in [-0.2, -0.15) is 0 Å². The molecule has 0 saturated carbocycles. The molecule has 0 fully saturated rings. The fraction of sp³-hybridized carbons (Fsp3) is 0.652. The SMILES string of the molecule is CCCCCCCCCCCC(CC)=C(CC)Oc1ccccc1. The first kappa shape index (κ1) is 20.8. The number of ether oxygens (including phenoxy) is 1. The summed E-state index contributed by atoms with van der Waals surface area (Å²) in [4.78, 5) is 0. The van der Waals surface area contributed by atoms with Crippen LogP contribution in [0.5, 0.6) is 5.75 Å². The Kier molecular flexibility index (Phi) is 12.3. The lowest BCUT2D eigenvalue weighted by atomic mass is 10.0. The topological polar surface area (TPSA) is 9.23 Å². The van der Waals surface area contributed by atoms with Crippen LogP contribution in [0.3, 0.4) is 0 Å². The van der Waals surface area contributed by atoms with Crippen molar-refractivity contribution >= 4 is 0 Å². The van der Waals surface area contributed by atoms with Crippen LogP contribution in [0.25, 0.3) is 0 Å². The van der Waals surface area contributed by atoms with Gasteiger partial charge in [0.05, 0.1) is 0 Å². The first-order valence-electron chi connectivity index (χ1n) is 10.3. The van der Waals surface area contributed by atoms with Crippen LogP contribution in [-0.2, 0) is 0 Å². The molecule has 0 saturated heterocycles. The van der Waals surface area contributed by atoms with Crippen LogP contribution >= 0.6 is 0 Å². The second kappa shape index (κ2) is 14.1. The summed E-state index contributed by atoms with van der Waals surface area (Å²) in [6.45, 7) is 6.74. The highest BCUT2D eigenvalue weighted by Crippen LogP contribution is 2.23. The third kappa shape index (κ3) is 9.15. The molecule has 0 aliphatic rings. The molecule has 0 spiro atoms. The fourth-order valence-corrected chi connectivity index (χ4v) is 3.19. The number of para-hydroxylation sites is 1. The second-order valence-corrected chi connectivity index (χ2v) is 6.73. The summed E-state index contributed by atoms with van der Waals surface area (Å²) in [7, 11) is 0. The van der Waals surface area contributed by atoms with Crippen molar-refractivity contribution in [2.45, 2.75) is 97.8 Å². The minimum atomic E-state index is 0.965. The molecule has 0 amide bonds. The highest BCUT2D eigenvalue weighted by atomic mass is 16.5. The van der Waals surface area contributed by atoms with E-state index in [-0.39, 0.29) is 0 Å². The third-order valence-corrected chi connectivity index (χ3v) is 4.71. The maximum absolute atomic E-state index is 6.13. The number of allylic oxidation sites excluding steroid dienone is 2. The van der Waals surface area contributed by atoms with Gasteiger partial charge in [-0.05, 0) is 37.0 Å². The molecule has 0 unspecified atom stereocenters. The predicted molar refractivity (Wildman–Crippen MR) is 107 cm³/mol. The fourth-order valence-electron chi connectivity index (χ4n) is 3.19. The Bertz CT molecular complexity index is 433. The Hall–Kier alpha value is -1.24. The Balaban J connectivity index is 2.28. The molecule has 0 heterocycles. The number of benzene rings is 1. The largest absolute Gasteiger partial charge is 0.462 e. The maximum Gasteiger partial charge on any atom is 0.126 e. The van der Waals surface area contributed by atoms with Gasteiger partial charge in [-0.3, -0.25) is 0 Å². The van der Waals surface area contributed by atoms with Gasteiger partial charge in [0, 0.05) is 6.42 Å². The molecule has 1 rings (SSSR count). The molecule has 1 heteroatoms. The lowest BCUT2D eigenvalue weighted by molar-refractivity contribution is 0.396. The van der Waals surface area contributed by atoms with Gasteiger partial charge in [-0.15, -0.1) is 0 Å². The van der Waals surface area contributed by atoms with Gasteiger partial charge in [-0.1, -0.05) is 90.3 Å². The quantitative estimate of drug-likeness (QED) is 0.247. The van der Waals surface area contributed by atoms with E-state index in [1.165, 1.54) is 75.5 Å². The number of unbranched alkanes of at least 4 members (excludes halogenated alkanes) is 8. The molecule has 0 aromatic heterocycles. The summed E-state index contributed by atoms with van der Waals surface area (Å²) in [5.74, 6) is 2.15. The van der Waals surface area contributed by atoms with Gasteiger partial charge in [0.15, 0.2) is 0 Å². The highest BCUT2D eigenvalue weighted by molar-refractivity contribution is 5.24. The lowest BCUT2D eigenvalue weighted by Crippen LogP contribution is -2.00. The third-order valence-electron chi connectivity index (χ3n) is 4.71. The normalized spacial score (nSPS) is 12.1. The Labute approximate surface area is 150 Å². The summed E-state index contributed by atoms with van der Waals surface area (Å²) in [5.41, 5.74) is 1.50. The first-order valence-corrected chi connectivity index (χ1v) is 10.3. The predicted octanol–water partition coefficient (Wildman–Crippen LogP) is 8.06. The van der Waals surface area contributed by atoms with Gasteiger partial charge in [-0.25, -0.2) is 0 Å². The van der Waals surface area contributed by atoms with E-state index in [9.17, 15) is 0 Å². The van der Waals surface area contributed by atoms with E-state index in [4.69, 9.17) is 4.74 Å². The number of rotatable bonds is 14. The molecule has 0 aliphatic carbocycles. The average molecular weight is 331 g/mol. The van der Waals surface area contributed by atoms with E-state index < -0.39 is 0 Å². The van der Waals surface area contributed by atoms with Crippen molar-refractivity contribution in [2.24, 2.45) is 0 Å². The average Bonchev–Trinajstić information content (AvgIpc) is 2.63. The van der Waals surface area contributed by atoms with Gasteiger partial charge in [0.2, 0.25) is 0 Å². The van der Waals surface area contributed by atoms with E-state index in [1.807, 2.05) is 30.3 Å². The highest BCUT2D eigenvalue weighted by Gasteiger charge is 2.06. The molecule has 0 aliphatic heterocycles. The van der Waals surface area contributed by atoms with Crippen LogP contribution in [-0.4, -0.2) is 0 Å². The molecule has 1 aromatic rings. The smallest absolute Gasteiger partial charge is 0.126 e. The van der Waals surface area contributed by atoms with E-state index >= 15 is 0 Å². The van der Waals surface area contributed by atoms with Crippen molar-refractivity contribution in [3.63, 3.8) is 0 Å². The Morgan fingerprint density at radius 2 is 1.29 bits per heavy atom. The maximum atomic E-state index is 6.13. The number of hydrogen-bond acceptors (Lipinski definition) is 1. The second-order valence-electron chi connectivity index (χ2n) is 6.73. The summed E-state index contributed by atoms with van der Waals surface area (Å²) >= 11 is 0. The molecule has 1 nitrogen and oxygen atoms in total. The van der Waals surface area contributed by atoms with E-state index in [0.29, 0.717) is 0 Å². The first-order chi connectivity index (χ1) is 11.8. The van der Waals surface area contributed by atoms with Gasteiger partial charge < -0.3 is 4.74 Å².